The normalized spacial score (nSPS) is 17.5. The number of hydrogen-bond acceptors (Lipinski definition) is 5. The van der Waals surface area contributed by atoms with Gasteiger partial charge in [-0.25, -0.2) is 4.39 Å². The monoisotopic (exact) mass is 480 g/mol. The molecule has 0 radical (unpaired) electrons. The van der Waals surface area contributed by atoms with Gasteiger partial charge in [0.05, 0.1) is 18.3 Å². The van der Waals surface area contributed by atoms with Crippen molar-refractivity contribution >= 4 is 40.7 Å². The minimum absolute atomic E-state index is 0.00420. The molecule has 0 spiro atoms. The third-order valence-corrected chi connectivity index (χ3v) is 5.74. The minimum Gasteiger partial charge on any atom is -0.858 e. The van der Waals surface area contributed by atoms with Crippen LogP contribution in [-0.4, -0.2) is 12.4 Å². The van der Waals surface area contributed by atoms with Crippen molar-refractivity contribution in [3.63, 3.8) is 0 Å². The Balaban J connectivity index is 1.51. The highest BCUT2D eigenvalue weighted by Gasteiger charge is 2.24. The molecule has 5 nitrogen and oxygen atoms in total. The second-order valence-corrected chi connectivity index (χ2v) is 8.42. The maximum Gasteiger partial charge on any atom is 0.156 e. The van der Waals surface area contributed by atoms with Crippen molar-refractivity contribution in [1.82, 2.24) is 10.9 Å². The molecule has 2 N–H and O–H groups in total. The second-order valence-electron chi connectivity index (χ2n) is 7.19. The highest BCUT2D eigenvalue weighted by molar-refractivity contribution is 6.35. The van der Waals surface area contributed by atoms with Crippen LogP contribution in [0, 0.1) is 0 Å². The number of nitrogens with zero attached hydrogens (tertiary/aromatic N) is 1. The lowest BCUT2D eigenvalue weighted by atomic mass is 10.1. The lowest BCUT2D eigenvalue weighted by molar-refractivity contribution is -0.213. The van der Waals surface area contributed by atoms with Gasteiger partial charge in [0, 0.05) is 15.6 Å². The van der Waals surface area contributed by atoms with Crippen molar-refractivity contribution in [2.24, 2.45) is 4.99 Å². The van der Waals surface area contributed by atoms with E-state index in [2.05, 4.69) is 15.8 Å². The maximum absolute atomic E-state index is 14.6. The molecule has 4 rings (SSSR count). The fourth-order valence-electron chi connectivity index (χ4n) is 3.16. The summed E-state index contributed by atoms with van der Waals surface area (Å²) in [6, 6.07) is 12.1. The third kappa shape index (κ3) is 5.26. The molecule has 162 valence electrons. The lowest BCUT2D eigenvalue weighted by Gasteiger charge is -2.25. The van der Waals surface area contributed by atoms with Crippen LogP contribution >= 0.6 is 34.8 Å². The van der Waals surface area contributed by atoms with E-state index in [9.17, 15) is 9.50 Å². The molecule has 1 heterocycles. The lowest BCUT2D eigenvalue weighted by Crippen LogP contribution is -2.36. The van der Waals surface area contributed by atoms with Crippen LogP contribution < -0.4 is 20.7 Å². The number of nitrogens with one attached hydrogen (secondary N) is 2. The molecule has 2 aromatic carbocycles. The molecule has 1 unspecified atom stereocenters. The number of benzene rings is 2. The second kappa shape index (κ2) is 9.39. The number of rotatable bonds is 7. The number of alkyl halides is 1. The summed E-state index contributed by atoms with van der Waals surface area (Å²) in [5, 5.41) is 13.3. The van der Waals surface area contributed by atoms with E-state index in [1.807, 2.05) is 18.2 Å². The van der Waals surface area contributed by atoms with Crippen LogP contribution in [0.4, 0.5) is 4.39 Å². The average Bonchev–Trinajstić information content (AvgIpc) is 3.58. The molecule has 0 aromatic heterocycles. The molecule has 1 fully saturated rings. The minimum atomic E-state index is -1.58. The highest BCUT2D eigenvalue weighted by Crippen LogP contribution is 2.41. The predicted octanol–water partition coefficient (Wildman–Crippen LogP) is 5.12. The summed E-state index contributed by atoms with van der Waals surface area (Å²) in [6.45, 7) is -0.425. The summed E-state index contributed by atoms with van der Waals surface area (Å²) < 4.78 is 20.5. The summed E-state index contributed by atoms with van der Waals surface area (Å²) in [6.07, 6.45) is 2.20. The number of aliphatic imine (C=N–C) groups is 1. The van der Waals surface area contributed by atoms with Crippen molar-refractivity contribution in [2.75, 3.05) is 6.54 Å². The van der Waals surface area contributed by atoms with Crippen molar-refractivity contribution < 1.29 is 14.2 Å². The van der Waals surface area contributed by atoms with Gasteiger partial charge in [0.25, 0.3) is 0 Å². The SMILES string of the molecule is [O-]C(=NCC(F)c1ccc(Cl)cc1Cl)C1=C(Cl)NNC=C1Oc1cccc(C2CC2)c1. The van der Waals surface area contributed by atoms with Gasteiger partial charge in [-0.15, -0.1) is 0 Å². The Bertz CT molecular complexity index is 1080. The van der Waals surface area contributed by atoms with Gasteiger partial charge in [-0.05, 0) is 54.5 Å². The summed E-state index contributed by atoms with van der Waals surface area (Å²) in [4.78, 5) is 3.85. The van der Waals surface area contributed by atoms with E-state index in [1.165, 1.54) is 30.0 Å². The van der Waals surface area contributed by atoms with Crippen molar-refractivity contribution in [3.8, 4) is 5.75 Å². The molecule has 0 bridgehead atoms. The number of ether oxygens (including phenoxy) is 1. The molecule has 1 atom stereocenters. The number of hydrazine groups is 1. The van der Waals surface area contributed by atoms with Gasteiger partial charge < -0.3 is 15.3 Å². The van der Waals surface area contributed by atoms with Crippen LogP contribution in [0.5, 0.6) is 5.75 Å². The van der Waals surface area contributed by atoms with E-state index in [0.29, 0.717) is 16.7 Å². The first-order valence-electron chi connectivity index (χ1n) is 9.63. The van der Waals surface area contributed by atoms with Crippen LogP contribution in [-0.2, 0) is 0 Å². The first kappa shape index (κ1) is 21.8. The fourth-order valence-corrected chi connectivity index (χ4v) is 3.91. The zero-order chi connectivity index (χ0) is 22.0. The van der Waals surface area contributed by atoms with Crippen molar-refractivity contribution in [3.05, 3.63) is 86.3 Å². The fraction of sp³-hybridized carbons (Fsp3) is 0.227. The molecular formula is C22H18Cl3FN3O2-. The number of halogens is 4. The van der Waals surface area contributed by atoms with E-state index in [0.717, 1.165) is 12.8 Å². The zero-order valence-corrected chi connectivity index (χ0v) is 18.4. The van der Waals surface area contributed by atoms with E-state index in [-0.39, 0.29) is 27.1 Å². The molecule has 9 heteroatoms. The molecule has 2 aromatic rings. The summed E-state index contributed by atoms with van der Waals surface area (Å²) >= 11 is 18.1. The van der Waals surface area contributed by atoms with Gasteiger partial charge in [-0.2, -0.15) is 0 Å². The first-order valence-corrected chi connectivity index (χ1v) is 10.8. The van der Waals surface area contributed by atoms with Crippen molar-refractivity contribution in [1.29, 1.82) is 0 Å². The van der Waals surface area contributed by atoms with Crippen molar-refractivity contribution in [2.45, 2.75) is 24.9 Å². The zero-order valence-electron chi connectivity index (χ0n) is 16.2. The van der Waals surface area contributed by atoms with Gasteiger partial charge in [0.1, 0.15) is 17.1 Å². The Morgan fingerprint density at radius 2 is 2.00 bits per heavy atom. The van der Waals surface area contributed by atoms with Gasteiger partial charge in [-0.1, -0.05) is 53.0 Å². The van der Waals surface area contributed by atoms with Crippen LogP contribution in [0.3, 0.4) is 0 Å². The van der Waals surface area contributed by atoms with E-state index >= 15 is 0 Å². The van der Waals surface area contributed by atoms with Crippen LogP contribution in [0.1, 0.15) is 36.1 Å². The predicted molar refractivity (Wildman–Crippen MR) is 119 cm³/mol. The Labute approximate surface area is 194 Å². The molecule has 0 saturated heterocycles. The molecule has 1 saturated carbocycles. The highest BCUT2D eigenvalue weighted by atomic mass is 35.5. The molecule has 31 heavy (non-hydrogen) atoms. The molecule has 1 aliphatic carbocycles. The van der Waals surface area contributed by atoms with Crippen LogP contribution in [0.2, 0.25) is 10.0 Å². The summed E-state index contributed by atoms with van der Waals surface area (Å²) in [5.41, 5.74) is 6.75. The smallest absolute Gasteiger partial charge is 0.156 e. The van der Waals surface area contributed by atoms with E-state index < -0.39 is 18.6 Å². The van der Waals surface area contributed by atoms with Crippen LogP contribution in [0.25, 0.3) is 0 Å². The molecule has 2 aliphatic rings. The Morgan fingerprint density at radius 1 is 1.19 bits per heavy atom. The van der Waals surface area contributed by atoms with E-state index in [1.54, 1.807) is 6.07 Å². The number of hydrogen-bond donors (Lipinski definition) is 2. The Hall–Kier alpha value is -2.41. The topological polar surface area (TPSA) is 68.7 Å². The van der Waals surface area contributed by atoms with Gasteiger partial charge in [0.15, 0.2) is 5.76 Å². The first-order chi connectivity index (χ1) is 14.9. The maximum atomic E-state index is 14.6. The molecular weight excluding hydrogens is 464 g/mol. The largest absolute Gasteiger partial charge is 0.858 e. The summed E-state index contributed by atoms with van der Waals surface area (Å²) in [5.74, 6) is 0.604. The standard InChI is InChI=1S/C22H19Cl3FN3O2/c23-14-6-7-16(17(24)9-14)18(26)10-27-22(30)20-19(11-28-29-21(20)25)31-15-3-1-2-13(8-15)12-4-5-12/h1-3,6-9,11-12,18,28-29H,4-5,10H2,(H,27,30)/p-1. The molecule has 0 amide bonds. The summed E-state index contributed by atoms with van der Waals surface area (Å²) in [7, 11) is 0. The van der Waals surface area contributed by atoms with Gasteiger partial charge in [0.2, 0.25) is 0 Å². The van der Waals surface area contributed by atoms with Gasteiger partial charge in [-0.3, -0.25) is 10.4 Å². The van der Waals surface area contributed by atoms with Gasteiger partial charge >= 0.3 is 0 Å². The molecule has 1 aliphatic heterocycles. The van der Waals surface area contributed by atoms with E-state index in [4.69, 9.17) is 39.5 Å². The average molecular weight is 482 g/mol. The quantitative estimate of drug-likeness (QED) is 0.327. The Kier molecular flexibility index (Phi) is 6.60. The van der Waals surface area contributed by atoms with Crippen LogP contribution in [0.15, 0.2) is 70.1 Å². The Morgan fingerprint density at radius 3 is 2.74 bits per heavy atom. The third-order valence-electron chi connectivity index (χ3n) is 4.89.